The predicted molar refractivity (Wildman–Crippen MR) is 81.8 cm³/mol. The van der Waals surface area contributed by atoms with Crippen molar-refractivity contribution < 1.29 is 14.3 Å². The molecule has 122 valence electrons. The van der Waals surface area contributed by atoms with E-state index in [-0.39, 0.29) is 11.9 Å². The molecule has 0 radical (unpaired) electrons. The summed E-state index contributed by atoms with van der Waals surface area (Å²) in [5.74, 6) is 0.158. The van der Waals surface area contributed by atoms with Crippen molar-refractivity contribution in [2.24, 2.45) is 11.7 Å². The number of nitrogens with two attached hydrogens (primary N) is 1. The highest BCUT2D eigenvalue weighted by Gasteiger charge is 2.36. The Bertz CT molecular complexity index is 377. The Hall–Kier alpha value is -1.30. The van der Waals surface area contributed by atoms with Gasteiger partial charge < -0.3 is 15.8 Å². The van der Waals surface area contributed by atoms with E-state index in [2.05, 4.69) is 5.32 Å². The van der Waals surface area contributed by atoms with Crippen LogP contribution in [0.4, 0.5) is 4.79 Å². The fourth-order valence-corrected chi connectivity index (χ4v) is 2.15. The summed E-state index contributed by atoms with van der Waals surface area (Å²) in [5.41, 5.74) is 5.37. The van der Waals surface area contributed by atoms with Gasteiger partial charge in [-0.3, -0.25) is 9.69 Å². The lowest BCUT2D eigenvalue weighted by Crippen LogP contribution is -2.50. The molecule has 1 fully saturated rings. The third kappa shape index (κ3) is 5.53. The monoisotopic (exact) mass is 299 g/mol. The molecule has 1 aliphatic heterocycles. The number of hydrogen-bond acceptors (Lipinski definition) is 4. The molecule has 6 nitrogen and oxygen atoms in total. The summed E-state index contributed by atoms with van der Waals surface area (Å²) in [6, 6.07) is -0.524. The number of hydrogen-bond donors (Lipinski definition) is 2. The van der Waals surface area contributed by atoms with Crippen molar-refractivity contribution in [2.75, 3.05) is 13.1 Å². The van der Waals surface area contributed by atoms with Crippen molar-refractivity contribution in [2.45, 2.75) is 65.1 Å². The average Bonchev–Trinajstić information content (AvgIpc) is 2.82. The van der Waals surface area contributed by atoms with E-state index in [0.29, 0.717) is 25.4 Å². The summed E-state index contributed by atoms with van der Waals surface area (Å²) in [5, 5.41) is 2.84. The smallest absolute Gasteiger partial charge is 0.410 e. The molecule has 2 atom stereocenters. The van der Waals surface area contributed by atoms with Crippen LogP contribution in [-0.2, 0) is 9.53 Å². The molecule has 3 N–H and O–H groups in total. The Labute approximate surface area is 127 Å². The molecule has 0 aromatic rings. The van der Waals surface area contributed by atoms with E-state index in [1.165, 1.54) is 4.90 Å². The van der Waals surface area contributed by atoms with Gasteiger partial charge in [-0.2, -0.15) is 0 Å². The van der Waals surface area contributed by atoms with Crippen LogP contribution >= 0.6 is 0 Å². The van der Waals surface area contributed by atoms with E-state index in [9.17, 15) is 9.59 Å². The molecule has 2 amide bonds. The number of rotatable bonds is 4. The van der Waals surface area contributed by atoms with Crippen LogP contribution in [0.25, 0.3) is 0 Å². The standard InChI is InChI=1S/C15H29N3O3/c1-10(2)11(16)9-17-13(19)12-7-6-8-18(12)14(20)21-15(3,4)5/h10-12H,6-9,16H2,1-5H3,(H,17,19)/t11-,12+/m1/s1. The van der Waals surface area contributed by atoms with E-state index in [4.69, 9.17) is 10.5 Å². The molecule has 0 aliphatic carbocycles. The number of carbonyl (C=O) groups excluding carboxylic acids is 2. The highest BCUT2D eigenvalue weighted by Crippen LogP contribution is 2.21. The molecule has 0 spiro atoms. The molecule has 21 heavy (non-hydrogen) atoms. The Morgan fingerprint density at radius 1 is 1.38 bits per heavy atom. The molecule has 0 aromatic carbocycles. The van der Waals surface area contributed by atoms with Crippen LogP contribution in [0.5, 0.6) is 0 Å². The SMILES string of the molecule is CC(C)[C@H](N)CNC(=O)[C@@H]1CCCN1C(=O)OC(C)(C)C. The normalized spacial score (nSPS) is 20.5. The Morgan fingerprint density at radius 2 is 2.00 bits per heavy atom. The first-order chi connectivity index (χ1) is 9.61. The van der Waals surface area contributed by atoms with E-state index in [1.807, 2.05) is 34.6 Å². The van der Waals surface area contributed by atoms with Gasteiger partial charge in [0.2, 0.25) is 5.91 Å². The van der Waals surface area contributed by atoms with Crippen LogP contribution in [0.1, 0.15) is 47.5 Å². The number of carbonyl (C=O) groups is 2. The van der Waals surface area contributed by atoms with Gasteiger partial charge in [0.25, 0.3) is 0 Å². The van der Waals surface area contributed by atoms with Crippen LogP contribution in [0.15, 0.2) is 0 Å². The van der Waals surface area contributed by atoms with Gasteiger partial charge in [0.05, 0.1) is 0 Å². The zero-order valence-electron chi connectivity index (χ0n) is 13.8. The number of likely N-dealkylation sites (tertiary alicyclic amines) is 1. The molecular formula is C15H29N3O3. The van der Waals surface area contributed by atoms with Gasteiger partial charge in [-0.25, -0.2) is 4.79 Å². The highest BCUT2D eigenvalue weighted by molar-refractivity contribution is 5.86. The average molecular weight is 299 g/mol. The summed E-state index contributed by atoms with van der Waals surface area (Å²) in [7, 11) is 0. The van der Waals surface area contributed by atoms with Gasteiger partial charge in [-0.05, 0) is 39.5 Å². The minimum absolute atomic E-state index is 0.0784. The van der Waals surface area contributed by atoms with E-state index >= 15 is 0 Å². The quantitative estimate of drug-likeness (QED) is 0.823. The first-order valence-corrected chi connectivity index (χ1v) is 7.64. The first-order valence-electron chi connectivity index (χ1n) is 7.64. The highest BCUT2D eigenvalue weighted by atomic mass is 16.6. The fourth-order valence-electron chi connectivity index (χ4n) is 2.15. The predicted octanol–water partition coefficient (Wildman–Crippen LogP) is 1.49. The topological polar surface area (TPSA) is 84.7 Å². The van der Waals surface area contributed by atoms with Gasteiger partial charge in [-0.15, -0.1) is 0 Å². The molecule has 0 saturated carbocycles. The minimum Gasteiger partial charge on any atom is -0.444 e. The van der Waals surface area contributed by atoms with E-state index in [0.717, 1.165) is 6.42 Å². The van der Waals surface area contributed by atoms with Crippen LogP contribution in [0.2, 0.25) is 0 Å². The van der Waals surface area contributed by atoms with Gasteiger partial charge in [0.15, 0.2) is 0 Å². The van der Waals surface area contributed by atoms with Crippen molar-refractivity contribution in [3.8, 4) is 0 Å². The van der Waals surface area contributed by atoms with Gasteiger partial charge in [-0.1, -0.05) is 13.8 Å². The summed E-state index contributed by atoms with van der Waals surface area (Å²) in [6.07, 6.45) is 1.06. The van der Waals surface area contributed by atoms with E-state index < -0.39 is 17.7 Å². The molecule has 0 bridgehead atoms. The summed E-state index contributed by atoms with van der Waals surface area (Å²) in [4.78, 5) is 25.9. The molecular weight excluding hydrogens is 270 g/mol. The lowest BCUT2D eigenvalue weighted by molar-refractivity contribution is -0.125. The van der Waals surface area contributed by atoms with Gasteiger partial charge in [0, 0.05) is 19.1 Å². The Morgan fingerprint density at radius 3 is 2.52 bits per heavy atom. The van der Waals surface area contributed by atoms with Crippen LogP contribution in [-0.4, -0.2) is 47.7 Å². The zero-order chi connectivity index (χ0) is 16.2. The van der Waals surface area contributed by atoms with Crippen LogP contribution < -0.4 is 11.1 Å². The van der Waals surface area contributed by atoms with E-state index in [1.54, 1.807) is 0 Å². The maximum atomic E-state index is 12.2. The largest absolute Gasteiger partial charge is 0.444 e. The number of ether oxygens (including phenoxy) is 1. The third-order valence-corrected chi connectivity index (χ3v) is 3.55. The molecule has 1 heterocycles. The minimum atomic E-state index is -0.555. The van der Waals surface area contributed by atoms with Crippen molar-refractivity contribution in [3.05, 3.63) is 0 Å². The van der Waals surface area contributed by atoms with Gasteiger partial charge >= 0.3 is 6.09 Å². The first kappa shape index (κ1) is 17.8. The van der Waals surface area contributed by atoms with Crippen molar-refractivity contribution >= 4 is 12.0 Å². The molecule has 1 aliphatic rings. The summed E-state index contributed by atoms with van der Waals surface area (Å²) < 4.78 is 5.35. The summed E-state index contributed by atoms with van der Waals surface area (Å²) >= 11 is 0. The summed E-state index contributed by atoms with van der Waals surface area (Å²) in [6.45, 7) is 10.5. The second-order valence-electron chi connectivity index (χ2n) is 6.98. The maximum absolute atomic E-state index is 12.2. The number of nitrogens with zero attached hydrogens (tertiary/aromatic N) is 1. The molecule has 0 aromatic heterocycles. The van der Waals surface area contributed by atoms with Gasteiger partial charge in [0.1, 0.15) is 11.6 Å². The van der Waals surface area contributed by atoms with Crippen molar-refractivity contribution in [1.29, 1.82) is 0 Å². The fraction of sp³-hybridized carbons (Fsp3) is 0.867. The van der Waals surface area contributed by atoms with Crippen LogP contribution in [0.3, 0.4) is 0 Å². The second kappa shape index (κ2) is 7.11. The number of nitrogens with one attached hydrogen (secondary N) is 1. The molecule has 6 heteroatoms. The molecule has 1 saturated heterocycles. The maximum Gasteiger partial charge on any atom is 0.410 e. The molecule has 0 unspecified atom stereocenters. The Kier molecular flexibility index (Phi) is 6.01. The number of amides is 2. The lowest BCUT2D eigenvalue weighted by atomic mass is 10.1. The van der Waals surface area contributed by atoms with Crippen LogP contribution in [0, 0.1) is 5.92 Å². The van der Waals surface area contributed by atoms with Crippen molar-refractivity contribution in [1.82, 2.24) is 10.2 Å². The lowest BCUT2D eigenvalue weighted by Gasteiger charge is -2.28. The van der Waals surface area contributed by atoms with Crippen molar-refractivity contribution in [3.63, 3.8) is 0 Å². The molecule has 1 rings (SSSR count). The Balaban J connectivity index is 2.56. The second-order valence-corrected chi connectivity index (χ2v) is 6.98. The zero-order valence-corrected chi connectivity index (χ0v) is 13.8. The third-order valence-electron chi connectivity index (χ3n) is 3.55.